The van der Waals surface area contributed by atoms with E-state index < -0.39 is 0 Å². The molecule has 0 N–H and O–H groups in total. The van der Waals surface area contributed by atoms with Crippen LogP contribution >= 0.6 is 0 Å². The Morgan fingerprint density at radius 3 is 2.64 bits per heavy atom. The van der Waals surface area contributed by atoms with Crippen LogP contribution in [-0.2, 0) is 0 Å². The molecule has 1 fully saturated rings. The zero-order valence-corrected chi connectivity index (χ0v) is 9.84. The summed E-state index contributed by atoms with van der Waals surface area (Å²) in [5, 5.41) is 0. The molecule has 0 saturated heterocycles. The first kappa shape index (κ1) is 10.3. The van der Waals surface area contributed by atoms with Crippen LogP contribution in [0.5, 0.6) is 0 Å². The summed E-state index contributed by atoms with van der Waals surface area (Å²) in [6, 6.07) is 0. The van der Waals surface area contributed by atoms with Gasteiger partial charge in [-0.3, -0.25) is 0 Å². The molecular formula is C14H23. The van der Waals surface area contributed by atoms with Gasteiger partial charge in [-0.1, -0.05) is 26.8 Å². The van der Waals surface area contributed by atoms with Crippen molar-refractivity contribution >= 4 is 0 Å². The molecule has 0 bridgehead atoms. The summed E-state index contributed by atoms with van der Waals surface area (Å²) >= 11 is 0. The van der Waals surface area contributed by atoms with E-state index >= 15 is 0 Å². The molecule has 0 amide bonds. The number of rotatable bonds is 0. The zero-order chi connectivity index (χ0) is 10.2. The predicted molar refractivity (Wildman–Crippen MR) is 60.8 cm³/mol. The summed E-state index contributed by atoms with van der Waals surface area (Å²) in [5.41, 5.74) is 0.510. The first-order chi connectivity index (χ1) is 6.57. The van der Waals surface area contributed by atoms with Crippen molar-refractivity contribution in [3.8, 4) is 0 Å². The Kier molecular flexibility index (Phi) is 2.72. The third-order valence-corrected chi connectivity index (χ3v) is 4.26. The lowest BCUT2D eigenvalue weighted by Crippen LogP contribution is -2.32. The van der Waals surface area contributed by atoms with Crippen molar-refractivity contribution in [1.29, 1.82) is 0 Å². The van der Waals surface area contributed by atoms with Gasteiger partial charge in [0.15, 0.2) is 0 Å². The van der Waals surface area contributed by atoms with E-state index in [1.165, 1.54) is 32.1 Å². The molecule has 1 saturated carbocycles. The molecule has 0 spiro atoms. The van der Waals surface area contributed by atoms with Crippen LogP contribution in [-0.4, -0.2) is 0 Å². The average molecular weight is 191 g/mol. The summed E-state index contributed by atoms with van der Waals surface area (Å²) in [7, 11) is 0. The first-order valence-electron chi connectivity index (χ1n) is 6.14. The highest BCUT2D eigenvalue weighted by molar-refractivity contribution is 4.97. The monoisotopic (exact) mass is 191 g/mol. The third kappa shape index (κ3) is 2.04. The van der Waals surface area contributed by atoms with Gasteiger partial charge in [0.2, 0.25) is 0 Å². The normalized spacial score (nSPS) is 38.1. The molecule has 0 aromatic carbocycles. The quantitative estimate of drug-likeness (QED) is 0.538. The highest BCUT2D eigenvalue weighted by atomic mass is 14.4. The Balaban J connectivity index is 2.02. The maximum atomic E-state index is 3.43. The molecule has 3 atom stereocenters. The molecule has 14 heavy (non-hydrogen) atoms. The summed E-state index contributed by atoms with van der Waals surface area (Å²) in [4.78, 5) is 0. The third-order valence-electron chi connectivity index (χ3n) is 4.26. The highest BCUT2D eigenvalue weighted by Crippen LogP contribution is 2.45. The molecule has 0 aromatic rings. The van der Waals surface area contributed by atoms with E-state index in [2.05, 4.69) is 32.9 Å². The second-order valence-electron chi connectivity index (χ2n) is 6.21. The Hall–Kier alpha value is -0.260. The van der Waals surface area contributed by atoms with Crippen LogP contribution in [0.15, 0.2) is 6.08 Å². The SMILES string of the molecule is CC(C)(C)C1CCC2CC[C]=CC2C1. The van der Waals surface area contributed by atoms with Gasteiger partial charge in [-0.25, -0.2) is 0 Å². The van der Waals surface area contributed by atoms with Crippen LogP contribution in [0.3, 0.4) is 0 Å². The van der Waals surface area contributed by atoms with E-state index in [4.69, 9.17) is 0 Å². The zero-order valence-electron chi connectivity index (χ0n) is 9.84. The summed E-state index contributed by atoms with van der Waals surface area (Å²) in [5.74, 6) is 2.79. The number of hydrogen-bond acceptors (Lipinski definition) is 0. The lowest BCUT2D eigenvalue weighted by Gasteiger charge is -2.42. The maximum Gasteiger partial charge on any atom is -0.0196 e. The highest BCUT2D eigenvalue weighted by Gasteiger charge is 2.35. The molecule has 0 heteroatoms. The van der Waals surface area contributed by atoms with Crippen molar-refractivity contribution < 1.29 is 0 Å². The molecule has 0 aliphatic heterocycles. The molecule has 1 radical (unpaired) electrons. The summed E-state index contributed by atoms with van der Waals surface area (Å²) < 4.78 is 0. The van der Waals surface area contributed by atoms with Gasteiger partial charge in [-0.15, -0.1) is 0 Å². The van der Waals surface area contributed by atoms with Gasteiger partial charge in [0.1, 0.15) is 0 Å². The fraction of sp³-hybridized carbons (Fsp3) is 0.857. The fourth-order valence-electron chi connectivity index (χ4n) is 3.12. The second-order valence-corrected chi connectivity index (χ2v) is 6.21. The Labute approximate surface area is 88.8 Å². The molecule has 2 aliphatic carbocycles. The topological polar surface area (TPSA) is 0 Å². The van der Waals surface area contributed by atoms with Crippen LogP contribution in [0, 0.1) is 29.2 Å². The van der Waals surface area contributed by atoms with Gasteiger partial charge in [0.25, 0.3) is 0 Å². The minimum absolute atomic E-state index is 0.510. The van der Waals surface area contributed by atoms with Crippen LogP contribution in [0.2, 0.25) is 0 Å². The van der Waals surface area contributed by atoms with E-state index in [0.717, 1.165) is 17.8 Å². The summed E-state index contributed by atoms with van der Waals surface area (Å²) in [6.07, 6.45) is 12.8. The van der Waals surface area contributed by atoms with Crippen molar-refractivity contribution in [2.24, 2.45) is 23.2 Å². The van der Waals surface area contributed by atoms with E-state index in [9.17, 15) is 0 Å². The fourth-order valence-corrected chi connectivity index (χ4v) is 3.12. The van der Waals surface area contributed by atoms with Gasteiger partial charge in [-0.2, -0.15) is 0 Å². The minimum Gasteiger partial charge on any atom is -0.0776 e. The van der Waals surface area contributed by atoms with Gasteiger partial charge in [-0.05, 0) is 61.3 Å². The Bertz CT molecular complexity index is 219. The summed E-state index contributed by atoms with van der Waals surface area (Å²) in [6.45, 7) is 7.19. The maximum absolute atomic E-state index is 3.43. The molecule has 0 aromatic heterocycles. The van der Waals surface area contributed by atoms with E-state index in [1.807, 2.05) is 0 Å². The van der Waals surface area contributed by atoms with Crippen molar-refractivity contribution in [2.45, 2.75) is 52.9 Å². The van der Waals surface area contributed by atoms with Crippen LogP contribution in [0.4, 0.5) is 0 Å². The number of fused-ring (bicyclic) bond motifs is 1. The minimum atomic E-state index is 0.510. The van der Waals surface area contributed by atoms with Crippen LogP contribution in [0.25, 0.3) is 0 Å². The molecule has 0 heterocycles. The van der Waals surface area contributed by atoms with Gasteiger partial charge in [0.05, 0.1) is 0 Å². The van der Waals surface area contributed by atoms with Crippen molar-refractivity contribution in [2.75, 3.05) is 0 Å². The standard InChI is InChI=1S/C14H23/c1-14(2,3)13-9-8-11-6-4-5-7-12(11)10-13/h7,11-13H,4,6,8-10H2,1-3H3. The van der Waals surface area contributed by atoms with Gasteiger partial charge >= 0.3 is 0 Å². The average Bonchev–Trinajstić information content (AvgIpc) is 2.16. The smallest absolute Gasteiger partial charge is 0.0196 e. The van der Waals surface area contributed by atoms with Crippen LogP contribution in [0.1, 0.15) is 52.9 Å². The van der Waals surface area contributed by atoms with Crippen LogP contribution < -0.4 is 0 Å². The van der Waals surface area contributed by atoms with Crippen molar-refractivity contribution in [1.82, 2.24) is 0 Å². The van der Waals surface area contributed by atoms with E-state index in [-0.39, 0.29) is 0 Å². The van der Waals surface area contributed by atoms with Gasteiger partial charge < -0.3 is 0 Å². The van der Waals surface area contributed by atoms with Crippen molar-refractivity contribution in [3.05, 3.63) is 12.2 Å². The molecule has 2 rings (SSSR count). The van der Waals surface area contributed by atoms with Gasteiger partial charge in [0, 0.05) is 0 Å². The predicted octanol–water partition coefficient (Wildman–Crippen LogP) is 4.22. The second kappa shape index (κ2) is 3.72. The molecule has 79 valence electrons. The molecule has 0 nitrogen and oxygen atoms in total. The van der Waals surface area contributed by atoms with E-state index in [1.54, 1.807) is 0 Å². The Morgan fingerprint density at radius 2 is 1.93 bits per heavy atom. The van der Waals surface area contributed by atoms with E-state index in [0.29, 0.717) is 5.41 Å². The lowest BCUT2D eigenvalue weighted by atomic mass is 9.63. The van der Waals surface area contributed by atoms with Crippen molar-refractivity contribution in [3.63, 3.8) is 0 Å². The molecular weight excluding hydrogens is 168 g/mol. The Morgan fingerprint density at radius 1 is 1.14 bits per heavy atom. The first-order valence-corrected chi connectivity index (χ1v) is 6.14. The number of allylic oxidation sites excluding steroid dienone is 2. The largest absolute Gasteiger partial charge is 0.0776 e. The molecule has 2 aliphatic rings. The lowest BCUT2D eigenvalue weighted by molar-refractivity contribution is 0.111. The molecule has 3 unspecified atom stereocenters. The number of hydrogen-bond donors (Lipinski definition) is 0.